The Bertz CT molecular complexity index is 371. The Labute approximate surface area is 115 Å². The average Bonchev–Trinajstić information content (AvgIpc) is 2.41. The third-order valence-electron chi connectivity index (χ3n) is 2.84. The molecule has 0 aromatic heterocycles. The molecule has 1 rings (SSSR count). The lowest BCUT2D eigenvalue weighted by atomic mass is 10.1. The second-order valence-electron chi connectivity index (χ2n) is 4.37. The SMILES string of the molecule is CCCNC(C)c1c(F)cccc1OCCOCC. The van der Waals surface area contributed by atoms with Crippen LogP contribution >= 0.6 is 0 Å². The molecule has 1 aromatic rings. The molecule has 1 aromatic carbocycles. The highest BCUT2D eigenvalue weighted by Gasteiger charge is 2.16. The van der Waals surface area contributed by atoms with Gasteiger partial charge in [0.2, 0.25) is 0 Å². The molecule has 4 heteroatoms. The van der Waals surface area contributed by atoms with E-state index in [0.717, 1.165) is 13.0 Å². The van der Waals surface area contributed by atoms with Gasteiger partial charge in [0.1, 0.15) is 18.2 Å². The molecule has 0 heterocycles. The third kappa shape index (κ3) is 5.17. The van der Waals surface area contributed by atoms with E-state index < -0.39 is 0 Å². The molecule has 0 fully saturated rings. The molecule has 0 aliphatic carbocycles. The number of nitrogens with one attached hydrogen (secondary N) is 1. The number of ether oxygens (including phenoxy) is 2. The van der Waals surface area contributed by atoms with Crippen LogP contribution in [0.4, 0.5) is 4.39 Å². The van der Waals surface area contributed by atoms with Crippen molar-refractivity contribution in [3.05, 3.63) is 29.6 Å². The zero-order chi connectivity index (χ0) is 14.1. The minimum absolute atomic E-state index is 0.0664. The normalized spacial score (nSPS) is 12.4. The largest absolute Gasteiger partial charge is 0.491 e. The second kappa shape index (κ2) is 8.88. The van der Waals surface area contributed by atoms with E-state index in [2.05, 4.69) is 12.2 Å². The monoisotopic (exact) mass is 269 g/mol. The Morgan fingerprint density at radius 2 is 2.05 bits per heavy atom. The van der Waals surface area contributed by atoms with Gasteiger partial charge in [-0.25, -0.2) is 4.39 Å². The lowest BCUT2D eigenvalue weighted by Crippen LogP contribution is -2.21. The van der Waals surface area contributed by atoms with Crippen LogP contribution in [0, 0.1) is 5.82 Å². The summed E-state index contributed by atoms with van der Waals surface area (Å²) in [6.45, 7) is 8.43. The highest BCUT2D eigenvalue weighted by atomic mass is 19.1. The molecule has 0 aliphatic rings. The standard InChI is InChI=1S/C15H24FNO2/c1-4-9-17-12(3)15-13(16)7-6-8-14(15)19-11-10-18-5-2/h6-8,12,17H,4-5,9-11H2,1-3H3. The van der Waals surface area contributed by atoms with Gasteiger partial charge in [-0.3, -0.25) is 0 Å². The topological polar surface area (TPSA) is 30.5 Å². The van der Waals surface area contributed by atoms with Crippen LogP contribution in [-0.4, -0.2) is 26.4 Å². The van der Waals surface area contributed by atoms with Gasteiger partial charge < -0.3 is 14.8 Å². The molecule has 0 aliphatic heterocycles. The van der Waals surface area contributed by atoms with E-state index in [1.54, 1.807) is 12.1 Å². The van der Waals surface area contributed by atoms with Crippen molar-refractivity contribution in [2.45, 2.75) is 33.2 Å². The molecular weight excluding hydrogens is 245 g/mol. The molecule has 1 N–H and O–H groups in total. The number of hydrogen-bond donors (Lipinski definition) is 1. The van der Waals surface area contributed by atoms with E-state index in [1.807, 2.05) is 13.8 Å². The van der Waals surface area contributed by atoms with Gasteiger partial charge in [-0.1, -0.05) is 13.0 Å². The molecule has 19 heavy (non-hydrogen) atoms. The molecule has 0 radical (unpaired) electrons. The van der Waals surface area contributed by atoms with Gasteiger partial charge in [0, 0.05) is 18.2 Å². The number of benzene rings is 1. The Hall–Kier alpha value is -1.13. The molecule has 0 saturated carbocycles. The first-order valence-electron chi connectivity index (χ1n) is 6.93. The molecule has 3 nitrogen and oxygen atoms in total. The van der Waals surface area contributed by atoms with Gasteiger partial charge in [0.15, 0.2) is 0 Å². The van der Waals surface area contributed by atoms with Crippen LogP contribution in [0.2, 0.25) is 0 Å². The fourth-order valence-electron chi connectivity index (χ4n) is 1.88. The summed E-state index contributed by atoms with van der Waals surface area (Å²) in [5.74, 6) is 0.362. The molecule has 0 spiro atoms. The van der Waals surface area contributed by atoms with Crippen molar-refractivity contribution in [3.63, 3.8) is 0 Å². The summed E-state index contributed by atoms with van der Waals surface area (Å²) in [5.41, 5.74) is 0.590. The van der Waals surface area contributed by atoms with Crippen LogP contribution < -0.4 is 10.1 Å². The Balaban J connectivity index is 2.71. The van der Waals surface area contributed by atoms with Crippen LogP contribution in [0.5, 0.6) is 5.75 Å². The smallest absolute Gasteiger partial charge is 0.131 e. The molecule has 0 bridgehead atoms. The third-order valence-corrected chi connectivity index (χ3v) is 2.84. The lowest BCUT2D eigenvalue weighted by molar-refractivity contribution is 0.109. The van der Waals surface area contributed by atoms with E-state index in [-0.39, 0.29) is 11.9 Å². The van der Waals surface area contributed by atoms with Crippen molar-refractivity contribution in [1.29, 1.82) is 0 Å². The fraction of sp³-hybridized carbons (Fsp3) is 0.600. The summed E-state index contributed by atoms with van der Waals surface area (Å²) < 4.78 is 24.8. The van der Waals surface area contributed by atoms with E-state index in [9.17, 15) is 4.39 Å². The van der Waals surface area contributed by atoms with Gasteiger partial charge in [0.05, 0.1) is 6.61 Å². The first kappa shape index (κ1) is 15.9. The maximum atomic E-state index is 14.0. The Morgan fingerprint density at radius 3 is 2.74 bits per heavy atom. The lowest BCUT2D eigenvalue weighted by Gasteiger charge is -2.18. The Morgan fingerprint density at radius 1 is 1.26 bits per heavy atom. The maximum absolute atomic E-state index is 14.0. The number of hydrogen-bond acceptors (Lipinski definition) is 3. The maximum Gasteiger partial charge on any atom is 0.131 e. The van der Waals surface area contributed by atoms with Crippen LogP contribution in [0.3, 0.4) is 0 Å². The van der Waals surface area contributed by atoms with E-state index in [0.29, 0.717) is 31.1 Å². The van der Waals surface area contributed by atoms with Crippen molar-refractivity contribution >= 4 is 0 Å². The number of rotatable bonds is 9. The van der Waals surface area contributed by atoms with Crippen molar-refractivity contribution in [1.82, 2.24) is 5.32 Å². The van der Waals surface area contributed by atoms with Crippen molar-refractivity contribution in [2.24, 2.45) is 0 Å². The van der Waals surface area contributed by atoms with Crippen molar-refractivity contribution in [3.8, 4) is 5.75 Å². The molecule has 1 atom stereocenters. The summed E-state index contributed by atoms with van der Waals surface area (Å²) in [5, 5.41) is 3.28. The molecule has 0 amide bonds. The molecule has 108 valence electrons. The zero-order valence-corrected chi connectivity index (χ0v) is 12.0. The van der Waals surface area contributed by atoms with Gasteiger partial charge in [-0.05, 0) is 38.9 Å². The minimum Gasteiger partial charge on any atom is -0.491 e. The fourth-order valence-corrected chi connectivity index (χ4v) is 1.88. The van der Waals surface area contributed by atoms with Crippen LogP contribution in [0.1, 0.15) is 38.8 Å². The molecule has 1 unspecified atom stereocenters. The summed E-state index contributed by atoms with van der Waals surface area (Å²) in [6, 6.07) is 4.87. The van der Waals surface area contributed by atoms with Gasteiger partial charge >= 0.3 is 0 Å². The minimum atomic E-state index is -0.231. The zero-order valence-electron chi connectivity index (χ0n) is 12.0. The summed E-state index contributed by atoms with van der Waals surface area (Å²) in [6.07, 6.45) is 1.01. The van der Waals surface area contributed by atoms with Gasteiger partial charge in [0.25, 0.3) is 0 Å². The predicted octanol–water partition coefficient (Wildman–Crippen LogP) is 3.30. The summed E-state index contributed by atoms with van der Waals surface area (Å²) in [7, 11) is 0. The van der Waals surface area contributed by atoms with Crippen LogP contribution in [0.25, 0.3) is 0 Å². The average molecular weight is 269 g/mol. The summed E-state index contributed by atoms with van der Waals surface area (Å²) >= 11 is 0. The molecular formula is C15H24FNO2. The van der Waals surface area contributed by atoms with E-state index >= 15 is 0 Å². The van der Waals surface area contributed by atoms with E-state index in [4.69, 9.17) is 9.47 Å². The predicted molar refractivity (Wildman–Crippen MR) is 75.1 cm³/mol. The Kier molecular flexibility index (Phi) is 7.45. The van der Waals surface area contributed by atoms with Crippen LogP contribution in [0.15, 0.2) is 18.2 Å². The first-order valence-corrected chi connectivity index (χ1v) is 6.93. The highest BCUT2D eigenvalue weighted by molar-refractivity contribution is 5.37. The summed E-state index contributed by atoms with van der Waals surface area (Å²) in [4.78, 5) is 0. The second-order valence-corrected chi connectivity index (χ2v) is 4.37. The van der Waals surface area contributed by atoms with Crippen molar-refractivity contribution < 1.29 is 13.9 Å². The van der Waals surface area contributed by atoms with Crippen molar-refractivity contribution in [2.75, 3.05) is 26.4 Å². The van der Waals surface area contributed by atoms with Crippen LogP contribution in [-0.2, 0) is 4.74 Å². The molecule has 0 saturated heterocycles. The number of halogens is 1. The first-order chi connectivity index (χ1) is 9.20. The quantitative estimate of drug-likeness (QED) is 0.698. The van der Waals surface area contributed by atoms with Gasteiger partial charge in [-0.15, -0.1) is 0 Å². The van der Waals surface area contributed by atoms with E-state index in [1.165, 1.54) is 6.07 Å². The van der Waals surface area contributed by atoms with Gasteiger partial charge in [-0.2, -0.15) is 0 Å². The highest BCUT2D eigenvalue weighted by Crippen LogP contribution is 2.27.